The van der Waals surface area contributed by atoms with Crippen LogP contribution in [0.5, 0.6) is 11.5 Å². The maximum atomic E-state index is 5.79. The van der Waals surface area contributed by atoms with Gasteiger partial charge in [0.2, 0.25) is 0 Å². The van der Waals surface area contributed by atoms with Crippen LogP contribution in [0, 0.1) is 0 Å². The molecule has 1 aromatic heterocycles. The van der Waals surface area contributed by atoms with E-state index in [-0.39, 0.29) is 0 Å². The number of halogens is 1. The molecule has 2 N–H and O–H groups in total. The first-order chi connectivity index (χ1) is 8.56. The Hall–Kier alpha value is -1.69. The van der Waals surface area contributed by atoms with Crippen molar-refractivity contribution < 1.29 is 9.47 Å². The number of aromatic nitrogens is 2. The van der Waals surface area contributed by atoms with Crippen LogP contribution < -0.4 is 15.2 Å². The molecule has 0 aliphatic rings. The van der Waals surface area contributed by atoms with Crippen molar-refractivity contribution in [1.29, 1.82) is 0 Å². The molecule has 0 amide bonds. The van der Waals surface area contributed by atoms with Crippen molar-refractivity contribution in [3.8, 4) is 22.8 Å². The lowest BCUT2D eigenvalue weighted by Gasteiger charge is -2.11. The molecular weight excluding hydrogens is 298 g/mol. The number of nitrogens with two attached hydrogens (primary N) is 1. The highest BCUT2D eigenvalue weighted by Gasteiger charge is 2.15. The summed E-state index contributed by atoms with van der Waals surface area (Å²) in [5.41, 5.74) is 7.37. The highest BCUT2D eigenvalue weighted by Crippen LogP contribution is 2.39. The minimum Gasteiger partial charge on any atom is -0.497 e. The Morgan fingerprint density at radius 1 is 1.22 bits per heavy atom. The van der Waals surface area contributed by atoms with Gasteiger partial charge in [-0.15, -0.1) is 0 Å². The Morgan fingerprint density at radius 3 is 2.44 bits per heavy atom. The highest BCUT2D eigenvalue weighted by atomic mass is 79.9. The van der Waals surface area contributed by atoms with Crippen LogP contribution in [-0.4, -0.2) is 24.0 Å². The van der Waals surface area contributed by atoms with E-state index in [0.717, 1.165) is 21.5 Å². The van der Waals surface area contributed by atoms with Crippen molar-refractivity contribution in [2.24, 2.45) is 7.05 Å². The Kier molecular flexibility index (Phi) is 3.47. The average Bonchev–Trinajstić information content (AvgIpc) is 2.68. The quantitative estimate of drug-likeness (QED) is 0.945. The molecular formula is C12H14BrN3O2. The van der Waals surface area contributed by atoms with Gasteiger partial charge in [0.25, 0.3) is 0 Å². The second kappa shape index (κ2) is 4.89. The summed E-state index contributed by atoms with van der Waals surface area (Å²) in [7, 11) is 5.02. The number of methoxy groups -OCH3 is 2. The van der Waals surface area contributed by atoms with Crippen LogP contribution in [-0.2, 0) is 7.05 Å². The van der Waals surface area contributed by atoms with Crippen molar-refractivity contribution >= 4 is 21.7 Å². The van der Waals surface area contributed by atoms with Gasteiger partial charge in [0.15, 0.2) is 0 Å². The molecule has 0 spiro atoms. The Morgan fingerprint density at radius 2 is 1.94 bits per heavy atom. The summed E-state index contributed by atoms with van der Waals surface area (Å²) >= 11 is 3.45. The summed E-state index contributed by atoms with van der Waals surface area (Å²) in [5, 5.41) is 4.34. The first kappa shape index (κ1) is 12.8. The number of ether oxygens (including phenoxy) is 2. The number of nitrogen functional groups attached to an aromatic ring is 1. The predicted octanol–water partition coefficient (Wildman–Crippen LogP) is 2.45. The number of aryl methyl sites for hydroxylation is 1. The molecule has 0 saturated carbocycles. The van der Waals surface area contributed by atoms with E-state index >= 15 is 0 Å². The Bertz CT molecular complexity index is 561. The van der Waals surface area contributed by atoms with Gasteiger partial charge in [-0.05, 0) is 28.1 Å². The van der Waals surface area contributed by atoms with E-state index in [1.54, 1.807) is 32.0 Å². The van der Waals surface area contributed by atoms with Crippen molar-refractivity contribution in [3.05, 3.63) is 22.7 Å². The van der Waals surface area contributed by atoms with Crippen LogP contribution in [0.25, 0.3) is 11.3 Å². The summed E-state index contributed by atoms with van der Waals surface area (Å²) in [6, 6.07) is 5.50. The summed E-state index contributed by atoms with van der Waals surface area (Å²) in [5.74, 6) is 2.02. The summed E-state index contributed by atoms with van der Waals surface area (Å²) in [6.07, 6.45) is 0. The normalized spacial score (nSPS) is 10.4. The monoisotopic (exact) mass is 311 g/mol. The van der Waals surface area contributed by atoms with Gasteiger partial charge in [-0.1, -0.05) is 0 Å². The van der Waals surface area contributed by atoms with Crippen molar-refractivity contribution in [2.75, 3.05) is 20.0 Å². The van der Waals surface area contributed by atoms with Crippen LogP contribution in [0.3, 0.4) is 0 Å². The molecule has 0 aliphatic heterocycles. The van der Waals surface area contributed by atoms with Gasteiger partial charge >= 0.3 is 0 Å². The van der Waals surface area contributed by atoms with Crippen molar-refractivity contribution in [3.63, 3.8) is 0 Å². The van der Waals surface area contributed by atoms with E-state index in [4.69, 9.17) is 15.2 Å². The molecule has 0 fully saturated rings. The minimum absolute atomic E-state index is 0.589. The molecule has 0 aliphatic carbocycles. The molecule has 0 saturated heterocycles. The molecule has 0 bridgehead atoms. The maximum absolute atomic E-state index is 5.79. The summed E-state index contributed by atoms with van der Waals surface area (Å²) in [6.45, 7) is 0. The lowest BCUT2D eigenvalue weighted by Crippen LogP contribution is -1.97. The van der Waals surface area contributed by atoms with Crippen molar-refractivity contribution in [2.45, 2.75) is 0 Å². The Balaban J connectivity index is 2.64. The van der Waals surface area contributed by atoms with E-state index < -0.39 is 0 Å². The van der Waals surface area contributed by atoms with Crippen LogP contribution in [0.15, 0.2) is 22.7 Å². The maximum Gasteiger partial charge on any atom is 0.142 e. The molecule has 0 atom stereocenters. The highest BCUT2D eigenvalue weighted by molar-refractivity contribution is 9.10. The molecule has 1 aromatic carbocycles. The van der Waals surface area contributed by atoms with E-state index in [2.05, 4.69) is 21.0 Å². The third-order valence-electron chi connectivity index (χ3n) is 2.65. The second-order valence-electron chi connectivity index (χ2n) is 3.77. The molecule has 6 heteroatoms. The third kappa shape index (κ3) is 2.15. The predicted molar refractivity (Wildman–Crippen MR) is 73.9 cm³/mol. The number of anilines is 1. The fourth-order valence-electron chi connectivity index (χ4n) is 1.70. The fourth-order valence-corrected chi connectivity index (χ4v) is 2.30. The molecule has 96 valence electrons. The molecule has 1 heterocycles. The lowest BCUT2D eigenvalue weighted by molar-refractivity contribution is 0.402. The average molecular weight is 312 g/mol. The van der Waals surface area contributed by atoms with E-state index in [1.165, 1.54) is 0 Å². The smallest absolute Gasteiger partial charge is 0.142 e. The van der Waals surface area contributed by atoms with Crippen LogP contribution in [0.1, 0.15) is 0 Å². The zero-order chi connectivity index (χ0) is 13.3. The molecule has 0 unspecified atom stereocenters. The molecule has 18 heavy (non-hydrogen) atoms. The lowest BCUT2D eigenvalue weighted by atomic mass is 10.1. The van der Waals surface area contributed by atoms with Crippen molar-refractivity contribution in [1.82, 2.24) is 9.78 Å². The van der Waals surface area contributed by atoms with E-state index in [1.807, 2.05) is 12.1 Å². The second-order valence-corrected chi connectivity index (χ2v) is 4.62. The van der Waals surface area contributed by atoms with Gasteiger partial charge in [-0.2, -0.15) is 5.10 Å². The van der Waals surface area contributed by atoms with Gasteiger partial charge in [-0.25, -0.2) is 0 Å². The molecule has 0 radical (unpaired) electrons. The number of rotatable bonds is 3. The molecule has 2 aromatic rings. The van der Waals surface area contributed by atoms with E-state index in [0.29, 0.717) is 11.6 Å². The van der Waals surface area contributed by atoms with Gasteiger partial charge in [-0.3, -0.25) is 4.68 Å². The standard InChI is InChI=1S/C12H14BrN3O2/c1-16-11(14)6-10(15-16)8-4-7(17-2)5-9(13)12(8)18-3/h4-6H,14H2,1-3H3. The van der Waals surface area contributed by atoms with Crippen LogP contribution >= 0.6 is 15.9 Å². The fraction of sp³-hybridized carbons (Fsp3) is 0.250. The zero-order valence-corrected chi connectivity index (χ0v) is 12.0. The number of nitrogens with zero attached hydrogens (tertiary/aromatic N) is 2. The number of benzene rings is 1. The minimum atomic E-state index is 0.589. The number of hydrogen-bond acceptors (Lipinski definition) is 4. The summed E-state index contributed by atoms with van der Waals surface area (Å²) < 4.78 is 13.1. The topological polar surface area (TPSA) is 62.3 Å². The largest absolute Gasteiger partial charge is 0.497 e. The van der Waals surface area contributed by atoms with Gasteiger partial charge in [0.05, 0.1) is 24.4 Å². The number of hydrogen-bond donors (Lipinski definition) is 1. The SMILES string of the molecule is COc1cc(Br)c(OC)c(-c2cc(N)n(C)n2)c1. The molecule has 5 nitrogen and oxygen atoms in total. The van der Waals surface area contributed by atoms with Gasteiger partial charge in [0, 0.05) is 18.7 Å². The first-order valence-corrected chi connectivity index (χ1v) is 6.07. The van der Waals surface area contributed by atoms with Crippen LogP contribution in [0.4, 0.5) is 5.82 Å². The van der Waals surface area contributed by atoms with E-state index in [9.17, 15) is 0 Å². The summed E-state index contributed by atoms with van der Waals surface area (Å²) in [4.78, 5) is 0. The van der Waals surface area contributed by atoms with Gasteiger partial charge < -0.3 is 15.2 Å². The molecule has 2 rings (SSSR count). The Labute approximate surface area is 114 Å². The third-order valence-corrected chi connectivity index (χ3v) is 3.24. The first-order valence-electron chi connectivity index (χ1n) is 5.28. The van der Waals surface area contributed by atoms with Crippen LogP contribution in [0.2, 0.25) is 0 Å². The zero-order valence-electron chi connectivity index (χ0n) is 10.4. The van der Waals surface area contributed by atoms with Gasteiger partial charge in [0.1, 0.15) is 17.3 Å².